The maximum atomic E-state index is 6.02. The fraction of sp³-hybridized carbons (Fsp3) is 0.318. The van der Waals surface area contributed by atoms with E-state index < -0.39 is 0 Å². The molecule has 0 spiro atoms. The van der Waals surface area contributed by atoms with Crippen molar-refractivity contribution in [1.82, 2.24) is 14.7 Å². The van der Waals surface area contributed by atoms with Crippen LogP contribution >= 0.6 is 23.1 Å². The van der Waals surface area contributed by atoms with Crippen molar-refractivity contribution < 1.29 is 4.74 Å². The van der Waals surface area contributed by atoms with Gasteiger partial charge in [-0.2, -0.15) is 9.36 Å². The fourth-order valence-electron chi connectivity index (χ4n) is 2.84. The Morgan fingerprint density at radius 2 is 1.90 bits per heavy atom. The van der Waals surface area contributed by atoms with Crippen LogP contribution in [0.2, 0.25) is 5.02 Å². The highest BCUT2D eigenvalue weighted by atomic mass is 35.5. The van der Waals surface area contributed by atoms with Gasteiger partial charge >= 0.3 is 0 Å². The van der Waals surface area contributed by atoms with Crippen molar-refractivity contribution in [1.29, 1.82) is 0 Å². The molecule has 0 atom stereocenters. The summed E-state index contributed by atoms with van der Waals surface area (Å²) < 4.78 is 10.4. The average molecular weight is 429 g/mol. The van der Waals surface area contributed by atoms with E-state index in [1.807, 2.05) is 57.3 Å². The third-order valence-corrected chi connectivity index (χ3v) is 5.34. The number of amidine groups is 1. The Morgan fingerprint density at radius 3 is 2.55 bits per heavy atom. The molecule has 0 aliphatic rings. The van der Waals surface area contributed by atoms with Gasteiger partial charge in [-0.25, -0.2) is 4.99 Å². The third kappa shape index (κ3) is 5.55. The van der Waals surface area contributed by atoms with Crippen molar-refractivity contribution >= 4 is 34.7 Å². The van der Waals surface area contributed by atoms with E-state index in [1.54, 1.807) is 0 Å². The first-order chi connectivity index (χ1) is 13.9. The van der Waals surface area contributed by atoms with Gasteiger partial charge in [-0.1, -0.05) is 37.6 Å². The smallest absolute Gasteiger partial charge is 0.298 e. The molecule has 3 aromatic rings. The zero-order valence-corrected chi connectivity index (χ0v) is 18.9. The maximum Gasteiger partial charge on any atom is 0.298 e. The standard InChI is InChI=1S/C22H25ClN4OS/c1-13(2)21(24-5)25-18-10-15(4)19(11-14(18)3)28-22-26-20(27-29-22)12-16-6-8-17(23)9-7-16/h6-11,13H,12H2,1-5H3,(H,24,25). The molecule has 0 saturated heterocycles. The molecule has 152 valence electrons. The molecule has 0 bridgehead atoms. The van der Waals surface area contributed by atoms with Crippen molar-refractivity contribution in [2.45, 2.75) is 34.1 Å². The number of rotatable bonds is 6. The second-order valence-corrected chi connectivity index (χ2v) is 8.34. The van der Waals surface area contributed by atoms with Crippen molar-refractivity contribution in [2.24, 2.45) is 10.9 Å². The molecule has 29 heavy (non-hydrogen) atoms. The maximum absolute atomic E-state index is 6.02. The van der Waals surface area contributed by atoms with Gasteiger partial charge in [0.2, 0.25) is 0 Å². The fourth-order valence-corrected chi connectivity index (χ4v) is 3.53. The second-order valence-electron chi connectivity index (χ2n) is 7.19. The molecular formula is C22H25ClN4OS. The minimum absolute atomic E-state index is 0.330. The summed E-state index contributed by atoms with van der Waals surface area (Å²) in [6.07, 6.45) is 0.644. The highest BCUT2D eigenvalue weighted by Gasteiger charge is 2.12. The van der Waals surface area contributed by atoms with E-state index >= 15 is 0 Å². The minimum Gasteiger partial charge on any atom is -0.430 e. The van der Waals surface area contributed by atoms with Gasteiger partial charge in [-0.05, 0) is 54.8 Å². The predicted octanol–water partition coefficient (Wildman–Crippen LogP) is 6.10. The van der Waals surface area contributed by atoms with Gasteiger partial charge in [0.25, 0.3) is 5.19 Å². The summed E-state index contributed by atoms with van der Waals surface area (Å²) in [5, 5.41) is 4.43. The first-order valence-electron chi connectivity index (χ1n) is 9.48. The van der Waals surface area contributed by atoms with Crippen molar-refractivity contribution in [3.63, 3.8) is 0 Å². The highest BCUT2D eigenvalue weighted by molar-refractivity contribution is 7.07. The van der Waals surface area contributed by atoms with Crippen LogP contribution in [0.1, 0.15) is 36.4 Å². The predicted molar refractivity (Wildman–Crippen MR) is 121 cm³/mol. The number of aromatic nitrogens is 2. The van der Waals surface area contributed by atoms with Gasteiger partial charge < -0.3 is 10.1 Å². The molecule has 0 aliphatic heterocycles. The Kier molecular flexibility index (Phi) is 6.87. The van der Waals surface area contributed by atoms with Crippen LogP contribution in [0.15, 0.2) is 41.4 Å². The van der Waals surface area contributed by atoms with E-state index in [0.717, 1.165) is 44.8 Å². The zero-order chi connectivity index (χ0) is 21.0. The highest BCUT2D eigenvalue weighted by Crippen LogP contribution is 2.32. The van der Waals surface area contributed by atoms with Gasteiger partial charge in [-0.3, -0.25) is 0 Å². The van der Waals surface area contributed by atoms with Crippen molar-refractivity contribution in [3.8, 4) is 10.9 Å². The number of nitrogens with one attached hydrogen (secondary N) is 1. The monoisotopic (exact) mass is 428 g/mol. The topological polar surface area (TPSA) is 59.4 Å². The number of benzene rings is 2. The Morgan fingerprint density at radius 1 is 1.17 bits per heavy atom. The number of hydrogen-bond acceptors (Lipinski definition) is 5. The molecule has 0 amide bonds. The normalized spacial score (nSPS) is 11.8. The van der Waals surface area contributed by atoms with Crippen LogP contribution in [-0.2, 0) is 6.42 Å². The summed E-state index contributed by atoms with van der Waals surface area (Å²) >= 11 is 7.20. The summed E-state index contributed by atoms with van der Waals surface area (Å²) in [5.74, 6) is 2.79. The quantitative estimate of drug-likeness (QED) is 0.380. The minimum atomic E-state index is 0.330. The molecule has 7 heteroatoms. The lowest BCUT2D eigenvalue weighted by atomic mass is 10.1. The lowest BCUT2D eigenvalue weighted by Crippen LogP contribution is -2.23. The van der Waals surface area contributed by atoms with Crippen LogP contribution in [-0.4, -0.2) is 22.2 Å². The average Bonchev–Trinajstić information content (AvgIpc) is 3.11. The van der Waals surface area contributed by atoms with Gasteiger partial charge in [0.05, 0.1) is 5.69 Å². The number of aliphatic imine (C=N–C) groups is 1. The van der Waals surface area contributed by atoms with E-state index in [1.165, 1.54) is 11.5 Å². The van der Waals surface area contributed by atoms with Gasteiger partial charge in [0.1, 0.15) is 11.6 Å². The van der Waals surface area contributed by atoms with Crippen LogP contribution in [0, 0.1) is 19.8 Å². The third-order valence-electron chi connectivity index (χ3n) is 4.46. The molecule has 1 aromatic heterocycles. The Balaban J connectivity index is 1.76. The molecule has 3 rings (SSSR count). The van der Waals surface area contributed by atoms with Crippen LogP contribution in [0.4, 0.5) is 5.69 Å². The SMILES string of the molecule is CNC(=Nc1cc(C)c(Oc2nc(Cc3ccc(Cl)cc3)ns2)cc1C)C(C)C. The van der Waals surface area contributed by atoms with Crippen molar-refractivity contribution in [3.05, 3.63) is 63.9 Å². The molecule has 0 aliphatic carbocycles. The van der Waals surface area contributed by atoms with Crippen LogP contribution in [0.3, 0.4) is 0 Å². The summed E-state index contributed by atoms with van der Waals surface area (Å²) in [6.45, 7) is 8.28. The van der Waals surface area contributed by atoms with Gasteiger partial charge in [-0.15, -0.1) is 0 Å². The van der Waals surface area contributed by atoms with Crippen LogP contribution in [0.5, 0.6) is 10.9 Å². The molecule has 1 heterocycles. The Hall–Kier alpha value is -2.44. The van der Waals surface area contributed by atoms with E-state index in [-0.39, 0.29) is 0 Å². The van der Waals surface area contributed by atoms with Gasteiger partial charge in [0.15, 0.2) is 5.82 Å². The molecule has 5 nitrogen and oxygen atoms in total. The second kappa shape index (κ2) is 9.37. The van der Waals surface area contributed by atoms with Crippen molar-refractivity contribution in [2.75, 3.05) is 7.05 Å². The largest absolute Gasteiger partial charge is 0.430 e. The van der Waals surface area contributed by atoms with E-state index in [9.17, 15) is 0 Å². The molecule has 0 radical (unpaired) electrons. The number of halogens is 1. The van der Waals surface area contributed by atoms with Crippen LogP contribution in [0.25, 0.3) is 0 Å². The van der Waals surface area contributed by atoms with E-state index in [0.29, 0.717) is 17.5 Å². The molecule has 1 N–H and O–H groups in total. The summed E-state index contributed by atoms with van der Waals surface area (Å²) in [5.41, 5.74) is 4.10. The molecule has 0 fully saturated rings. The van der Waals surface area contributed by atoms with Gasteiger partial charge in [0, 0.05) is 35.9 Å². The number of nitrogens with zero attached hydrogens (tertiary/aromatic N) is 3. The lowest BCUT2D eigenvalue weighted by Gasteiger charge is -2.12. The first kappa shape index (κ1) is 21.3. The zero-order valence-electron chi connectivity index (χ0n) is 17.3. The summed E-state index contributed by atoms with van der Waals surface area (Å²) in [7, 11) is 1.90. The number of ether oxygens (including phenoxy) is 1. The Labute approximate surface area is 181 Å². The van der Waals surface area contributed by atoms with E-state index in [4.69, 9.17) is 21.3 Å². The molecule has 2 aromatic carbocycles. The number of hydrogen-bond donors (Lipinski definition) is 1. The Bertz CT molecular complexity index is 1010. The first-order valence-corrected chi connectivity index (χ1v) is 10.6. The summed E-state index contributed by atoms with van der Waals surface area (Å²) in [6, 6.07) is 11.7. The van der Waals surface area contributed by atoms with E-state index in [2.05, 4.69) is 28.5 Å². The summed E-state index contributed by atoms with van der Waals surface area (Å²) in [4.78, 5) is 9.27. The number of aryl methyl sites for hydroxylation is 2. The van der Waals surface area contributed by atoms with Crippen LogP contribution < -0.4 is 10.1 Å². The molecule has 0 unspecified atom stereocenters. The molecular weight excluding hydrogens is 404 g/mol. The lowest BCUT2D eigenvalue weighted by molar-refractivity contribution is 0.473. The molecule has 0 saturated carbocycles.